The molecule has 0 unspecified atom stereocenters. The third kappa shape index (κ3) is 3.26. The summed E-state index contributed by atoms with van der Waals surface area (Å²) in [5, 5.41) is 9.14. The second-order valence-electron chi connectivity index (χ2n) is 4.14. The van der Waals surface area contributed by atoms with Crippen molar-refractivity contribution < 1.29 is 31.4 Å². The molecule has 1 aromatic heterocycles. The zero-order valence-corrected chi connectivity index (χ0v) is 10.1. The van der Waals surface area contributed by atoms with Gasteiger partial charge in [-0.05, 0) is 24.3 Å². The fourth-order valence-electron chi connectivity index (χ4n) is 1.68. The van der Waals surface area contributed by atoms with E-state index in [1.54, 1.807) is 0 Å². The van der Waals surface area contributed by atoms with Crippen LogP contribution in [-0.2, 0) is 12.4 Å². The molecule has 0 saturated heterocycles. The minimum Gasteiger partial charge on any atom is -0.506 e. The Morgan fingerprint density at radius 3 is 2.10 bits per heavy atom. The summed E-state index contributed by atoms with van der Waals surface area (Å²) in [4.78, 5) is 3.19. The van der Waals surface area contributed by atoms with Crippen LogP contribution in [0.25, 0.3) is 11.3 Å². The van der Waals surface area contributed by atoms with E-state index in [0.717, 1.165) is 24.3 Å². The number of alkyl halides is 6. The van der Waals surface area contributed by atoms with Crippen LogP contribution in [0.1, 0.15) is 11.3 Å². The van der Waals surface area contributed by atoms with E-state index in [1.807, 2.05) is 0 Å². The van der Waals surface area contributed by atoms with Crippen molar-refractivity contribution in [2.75, 3.05) is 0 Å². The van der Waals surface area contributed by atoms with E-state index in [1.165, 1.54) is 6.07 Å². The molecule has 2 nitrogen and oxygen atoms in total. The second kappa shape index (κ2) is 4.94. The summed E-state index contributed by atoms with van der Waals surface area (Å²) in [6.07, 6.45) is -9.51. The van der Waals surface area contributed by atoms with E-state index in [0.29, 0.717) is 6.07 Å². The predicted molar refractivity (Wildman–Crippen MR) is 61.3 cm³/mol. The first kappa shape index (κ1) is 15.1. The Morgan fingerprint density at radius 1 is 0.857 bits per heavy atom. The van der Waals surface area contributed by atoms with Gasteiger partial charge >= 0.3 is 12.4 Å². The second-order valence-corrected chi connectivity index (χ2v) is 4.14. The molecule has 0 aliphatic rings. The van der Waals surface area contributed by atoms with Gasteiger partial charge in [-0.25, -0.2) is 4.98 Å². The van der Waals surface area contributed by atoms with Crippen LogP contribution in [0.15, 0.2) is 36.4 Å². The van der Waals surface area contributed by atoms with Crippen LogP contribution in [0.2, 0.25) is 0 Å². The highest BCUT2D eigenvalue weighted by Crippen LogP contribution is 2.36. The Kier molecular flexibility index (Phi) is 3.56. The van der Waals surface area contributed by atoms with Crippen LogP contribution in [-0.4, -0.2) is 10.1 Å². The zero-order valence-electron chi connectivity index (χ0n) is 10.1. The number of aromatic hydroxyl groups is 1. The monoisotopic (exact) mass is 307 g/mol. The Balaban J connectivity index is 2.53. The van der Waals surface area contributed by atoms with E-state index < -0.39 is 29.4 Å². The number of hydrogen-bond acceptors (Lipinski definition) is 2. The first-order valence-electron chi connectivity index (χ1n) is 5.54. The van der Waals surface area contributed by atoms with Gasteiger partial charge < -0.3 is 5.11 Å². The molecule has 0 saturated carbocycles. The van der Waals surface area contributed by atoms with Gasteiger partial charge in [0.1, 0.15) is 5.75 Å². The van der Waals surface area contributed by atoms with E-state index >= 15 is 0 Å². The van der Waals surface area contributed by atoms with Gasteiger partial charge in [-0.2, -0.15) is 26.3 Å². The molecule has 1 heterocycles. The molecule has 0 fully saturated rings. The average Bonchev–Trinajstić information content (AvgIpc) is 2.37. The minimum absolute atomic E-state index is 0.129. The maximum atomic E-state index is 12.6. The molecular formula is C13H7F6NO. The summed E-state index contributed by atoms with van der Waals surface area (Å²) in [6.45, 7) is 0. The Morgan fingerprint density at radius 2 is 1.52 bits per heavy atom. The molecule has 0 amide bonds. The summed E-state index contributed by atoms with van der Waals surface area (Å²) >= 11 is 0. The van der Waals surface area contributed by atoms with Crippen LogP contribution in [0.5, 0.6) is 5.75 Å². The number of hydrogen-bond donors (Lipinski definition) is 1. The molecule has 0 spiro atoms. The lowest BCUT2D eigenvalue weighted by Gasteiger charge is -2.11. The van der Waals surface area contributed by atoms with Crippen LogP contribution in [0, 0.1) is 0 Å². The van der Waals surface area contributed by atoms with Crippen molar-refractivity contribution in [3.05, 3.63) is 47.7 Å². The molecule has 0 aliphatic heterocycles. The lowest BCUT2D eigenvalue weighted by molar-refractivity contribution is -0.142. The number of rotatable bonds is 1. The molecule has 112 valence electrons. The lowest BCUT2D eigenvalue weighted by Crippen LogP contribution is -2.09. The van der Waals surface area contributed by atoms with Crippen molar-refractivity contribution >= 4 is 0 Å². The maximum absolute atomic E-state index is 12.6. The number of pyridine rings is 1. The molecule has 21 heavy (non-hydrogen) atoms. The first-order chi connectivity index (χ1) is 9.59. The van der Waals surface area contributed by atoms with Crippen molar-refractivity contribution in [1.29, 1.82) is 0 Å². The smallest absolute Gasteiger partial charge is 0.437 e. The number of aromatic nitrogens is 1. The highest BCUT2D eigenvalue weighted by molar-refractivity contribution is 5.61. The molecule has 1 N–H and O–H groups in total. The van der Waals surface area contributed by atoms with Crippen molar-refractivity contribution in [1.82, 2.24) is 4.98 Å². The third-order valence-electron chi connectivity index (χ3n) is 2.63. The van der Waals surface area contributed by atoms with E-state index in [2.05, 4.69) is 4.98 Å². The summed E-state index contributed by atoms with van der Waals surface area (Å²) in [5.41, 5.74) is -2.98. The topological polar surface area (TPSA) is 33.1 Å². The lowest BCUT2D eigenvalue weighted by atomic mass is 10.1. The predicted octanol–water partition coefficient (Wildman–Crippen LogP) is 4.49. The SMILES string of the molecule is Oc1ccc(-c2cccc(C(F)(F)F)c2)nc1C(F)(F)F. The fraction of sp³-hybridized carbons (Fsp3) is 0.154. The quantitative estimate of drug-likeness (QED) is 0.787. The number of halogens is 6. The highest BCUT2D eigenvalue weighted by atomic mass is 19.4. The van der Waals surface area contributed by atoms with Gasteiger partial charge in [0.15, 0.2) is 5.69 Å². The molecule has 1 aromatic carbocycles. The molecule has 0 radical (unpaired) electrons. The molecule has 8 heteroatoms. The van der Waals surface area contributed by atoms with E-state index in [4.69, 9.17) is 5.11 Å². The first-order valence-corrected chi connectivity index (χ1v) is 5.54. The summed E-state index contributed by atoms with van der Waals surface area (Å²) < 4.78 is 75.6. The summed E-state index contributed by atoms with van der Waals surface area (Å²) in [7, 11) is 0. The molecule has 0 atom stereocenters. The zero-order chi connectivity index (χ0) is 15.8. The Bertz CT molecular complexity index is 662. The third-order valence-corrected chi connectivity index (χ3v) is 2.63. The molecular weight excluding hydrogens is 300 g/mol. The molecule has 2 aromatic rings. The maximum Gasteiger partial charge on any atom is 0.437 e. The van der Waals surface area contributed by atoms with E-state index in [-0.39, 0.29) is 11.3 Å². The Labute approximate surface area is 114 Å². The van der Waals surface area contributed by atoms with Gasteiger partial charge in [-0.15, -0.1) is 0 Å². The summed E-state index contributed by atoms with van der Waals surface area (Å²) in [5.74, 6) is -1.08. The van der Waals surface area contributed by atoms with Gasteiger partial charge in [-0.1, -0.05) is 12.1 Å². The van der Waals surface area contributed by atoms with Crippen molar-refractivity contribution in [2.45, 2.75) is 12.4 Å². The van der Waals surface area contributed by atoms with Crippen LogP contribution < -0.4 is 0 Å². The van der Waals surface area contributed by atoms with Crippen LogP contribution in [0.3, 0.4) is 0 Å². The van der Waals surface area contributed by atoms with Gasteiger partial charge in [0.05, 0.1) is 11.3 Å². The van der Waals surface area contributed by atoms with Gasteiger partial charge in [0, 0.05) is 5.56 Å². The van der Waals surface area contributed by atoms with Crippen LogP contribution in [0.4, 0.5) is 26.3 Å². The minimum atomic E-state index is -4.90. The fourth-order valence-corrected chi connectivity index (χ4v) is 1.68. The normalized spacial score (nSPS) is 12.5. The molecule has 0 bridgehead atoms. The van der Waals surface area contributed by atoms with Crippen molar-refractivity contribution in [2.24, 2.45) is 0 Å². The standard InChI is InChI=1S/C13H7F6NO/c14-12(15,16)8-3-1-2-7(6-8)9-4-5-10(21)11(20-9)13(17,18)19/h1-6,21H. The van der Waals surface area contributed by atoms with Gasteiger partial charge in [-0.3, -0.25) is 0 Å². The van der Waals surface area contributed by atoms with Crippen molar-refractivity contribution in [3.63, 3.8) is 0 Å². The van der Waals surface area contributed by atoms with E-state index in [9.17, 15) is 26.3 Å². The van der Waals surface area contributed by atoms with Gasteiger partial charge in [0.25, 0.3) is 0 Å². The average molecular weight is 307 g/mol. The highest BCUT2D eigenvalue weighted by Gasteiger charge is 2.36. The Hall–Kier alpha value is -2.25. The molecule has 2 rings (SSSR count). The molecule has 0 aliphatic carbocycles. The van der Waals surface area contributed by atoms with Crippen molar-refractivity contribution in [3.8, 4) is 17.0 Å². The largest absolute Gasteiger partial charge is 0.506 e. The number of benzene rings is 1. The van der Waals surface area contributed by atoms with Gasteiger partial charge in [0.2, 0.25) is 0 Å². The van der Waals surface area contributed by atoms with Crippen LogP contribution >= 0.6 is 0 Å². The summed E-state index contributed by atoms with van der Waals surface area (Å²) in [6, 6.07) is 5.52. The number of nitrogens with zero attached hydrogens (tertiary/aromatic N) is 1.